The topological polar surface area (TPSA) is 92.7 Å². The van der Waals surface area contributed by atoms with Crippen LogP contribution in [0.15, 0.2) is 24.3 Å². The van der Waals surface area contributed by atoms with E-state index in [2.05, 4.69) is 5.32 Å². The molecule has 0 spiro atoms. The zero-order valence-electron chi connectivity index (χ0n) is 13.7. The van der Waals surface area contributed by atoms with E-state index in [1.54, 1.807) is 0 Å². The quantitative estimate of drug-likeness (QED) is 0.754. The number of rotatable bonds is 5. The van der Waals surface area contributed by atoms with Gasteiger partial charge in [0.1, 0.15) is 4.88 Å². The summed E-state index contributed by atoms with van der Waals surface area (Å²) in [5, 5.41) is 11.6. The number of thiophene rings is 1. The Morgan fingerprint density at radius 1 is 1.19 bits per heavy atom. The number of benzene rings is 1. The highest BCUT2D eigenvalue weighted by Crippen LogP contribution is 2.30. The highest BCUT2D eigenvalue weighted by Gasteiger charge is 2.19. The molecule has 3 rings (SSSR count). The highest BCUT2D eigenvalue weighted by molar-refractivity contribution is 7.14. The standard InChI is InChI=1S/C18H16ClNO5S/c19-13-6-5-11(8-12(13)17(22)23)20-16(21)9-25-18(24)15-7-10-3-1-2-4-14(10)26-15/h5-8H,1-4,9H2,(H,20,21)(H,22,23). The first-order valence-electron chi connectivity index (χ1n) is 8.05. The van der Waals surface area contributed by atoms with Crippen molar-refractivity contribution in [3.63, 3.8) is 0 Å². The van der Waals surface area contributed by atoms with Crippen molar-refractivity contribution in [3.05, 3.63) is 50.2 Å². The zero-order valence-corrected chi connectivity index (χ0v) is 15.3. The van der Waals surface area contributed by atoms with Crippen molar-refractivity contribution in [3.8, 4) is 0 Å². The van der Waals surface area contributed by atoms with E-state index in [0.717, 1.165) is 25.7 Å². The molecule has 1 aliphatic rings. The number of hydrogen-bond donors (Lipinski definition) is 2. The second-order valence-corrected chi connectivity index (χ2v) is 7.43. The van der Waals surface area contributed by atoms with Gasteiger partial charge in [-0.05, 0) is 55.5 Å². The average molecular weight is 394 g/mol. The molecule has 0 radical (unpaired) electrons. The van der Waals surface area contributed by atoms with Gasteiger partial charge in [0.05, 0.1) is 10.6 Å². The number of fused-ring (bicyclic) bond motifs is 1. The molecule has 2 aromatic rings. The predicted octanol–water partition coefficient (Wildman–Crippen LogP) is 3.77. The van der Waals surface area contributed by atoms with Crippen molar-refractivity contribution in [2.45, 2.75) is 25.7 Å². The van der Waals surface area contributed by atoms with Gasteiger partial charge in [-0.25, -0.2) is 9.59 Å². The van der Waals surface area contributed by atoms with Crippen molar-refractivity contribution in [1.82, 2.24) is 0 Å². The van der Waals surface area contributed by atoms with Gasteiger partial charge in [-0.2, -0.15) is 0 Å². The Bertz CT molecular complexity index is 853. The molecule has 1 aromatic heterocycles. The average Bonchev–Trinajstić information content (AvgIpc) is 3.05. The molecule has 0 fully saturated rings. The fourth-order valence-electron chi connectivity index (χ4n) is 2.76. The number of carboxylic acids is 1. The number of esters is 1. The lowest BCUT2D eigenvalue weighted by Gasteiger charge is -2.08. The third kappa shape index (κ3) is 4.23. The molecule has 26 heavy (non-hydrogen) atoms. The van der Waals surface area contributed by atoms with Crippen LogP contribution >= 0.6 is 22.9 Å². The Kier molecular flexibility index (Phi) is 5.58. The summed E-state index contributed by atoms with van der Waals surface area (Å²) in [5.74, 6) is -2.28. The molecule has 136 valence electrons. The number of aryl methyl sites for hydroxylation is 2. The van der Waals surface area contributed by atoms with E-state index in [1.807, 2.05) is 6.07 Å². The fourth-order valence-corrected chi connectivity index (χ4v) is 4.10. The van der Waals surface area contributed by atoms with E-state index in [1.165, 1.54) is 40.0 Å². The lowest BCUT2D eigenvalue weighted by Crippen LogP contribution is -2.20. The molecule has 0 bridgehead atoms. The number of carbonyl (C=O) groups excluding carboxylic acids is 2. The minimum absolute atomic E-state index is 0.0728. The molecule has 0 unspecified atom stereocenters. The monoisotopic (exact) mass is 393 g/mol. The number of hydrogen-bond acceptors (Lipinski definition) is 5. The van der Waals surface area contributed by atoms with Gasteiger partial charge in [-0.15, -0.1) is 11.3 Å². The molecule has 0 atom stereocenters. The van der Waals surface area contributed by atoms with Crippen molar-refractivity contribution in [1.29, 1.82) is 0 Å². The SMILES string of the molecule is O=C(COC(=O)c1cc2c(s1)CCCC2)Nc1ccc(Cl)c(C(=O)O)c1. The van der Waals surface area contributed by atoms with E-state index in [-0.39, 0.29) is 16.3 Å². The number of ether oxygens (including phenoxy) is 1. The summed E-state index contributed by atoms with van der Waals surface area (Å²) >= 11 is 7.20. The van der Waals surface area contributed by atoms with Gasteiger partial charge in [0.25, 0.3) is 5.91 Å². The van der Waals surface area contributed by atoms with E-state index in [0.29, 0.717) is 4.88 Å². The summed E-state index contributed by atoms with van der Waals surface area (Å²) in [7, 11) is 0. The van der Waals surface area contributed by atoms with Crippen molar-refractivity contribution >= 4 is 46.5 Å². The summed E-state index contributed by atoms with van der Waals surface area (Å²) in [5.41, 5.74) is 1.34. The molecule has 1 aliphatic carbocycles. The Morgan fingerprint density at radius 3 is 2.69 bits per heavy atom. The number of carboxylic acid groups (broad SMARTS) is 1. The molecular formula is C18H16ClNO5S. The molecular weight excluding hydrogens is 378 g/mol. The summed E-state index contributed by atoms with van der Waals surface area (Å²) in [4.78, 5) is 36.8. The Balaban J connectivity index is 1.57. The third-order valence-electron chi connectivity index (χ3n) is 4.01. The predicted molar refractivity (Wildman–Crippen MR) is 98.3 cm³/mol. The van der Waals surface area contributed by atoms with E-state index in [4.69, 9.17) is 21.4 Å². The normalized spacial score (nSPS) is 13.0. The number of anilines is 1. The van der Waals surface area contributed by atoms with Crippen LogP contribution in [0.5, 0.6) is 0 Å². The van der Waals surface area contributed by atoms with Gasteiger partial charge in [-0.3, -0.25) is 4.79 Å². The molecule has 2 N–H and O–H groups in total. The Hall–Kier alpha value is -2.38. The highest BCUT2D eigenvalue weighted by atomic mass is 35.5. The fraction of sp³-hybridized carbons (Fsp3) is 0.278. The van der Waals surface area contributed by atoms with E-state index in [9.17, 15) is 14.4 Å². The lowest BCUT2D eigenvalue weighted by molar-refractivity contribution is -0.119. The lowest BCUT2D eigenvalue weighted by atomic mass is 9.99. The van der Waals surface area contributed by atoms with Crippen molar-refractivity contribution in [2.24, 2.45) is 0 Å². The maximum atomic E-state index is 12.1. The van der Waals surface area contributed by atoms with Gasteiger partial charge in [0, 0.05) is 10.6 Å². The minimum atomic E-state index is -1.20. The van der Waals surface area contributed by atoms with Crippen LogP contribution in [0.4, 0.5) is 5.69 Å². The number of carbonyl (C=O) groups is 3. The molecule has 6 nitrogen and oxygen atoms in total. The van der Waals surface area contributed by atoms with Crippen LogP contribution in [-0.2, 0) is 22.4 Å². The summed E-state index contributed by atoms with van der Waals surface area (Å²) < 4.78 is 5.06. The van der Waals surface area contributed by atoms with Crippen molar-refractivity contribution < 1.29 is 24.2 Å². The maximum Gasteiger partial charge on any atom is 0.348 e. The van der Waals surface area contributed by atoms with Crippen LogP contribution in [0.25, 0.3) is 0 Å². The summed E-state index contributed by atoms with van der Waals surface area (Å²) in [6.45, 7) is -0.452. The first-order valence-corrected chi connectivity index (χ1v) is 9.25. The van der Waals surface area contributed by atoms with Crippen LogP contribution in [-0.4, -0.2) is 29.6 Å². The second kappa shape index (κ2) is 7.88. The van der Waals surface area contributed by atoms with Gasteiger partial charge in [0.15, 0.2) is 6.61 Å². The van der Waals surface area contributed by atoms with E-state index < -0.39 is 24.5 Å². The first kappa shape index (κ1) is 18.4. The second-order valence-electron chi connectivity index (χ2n) is 5.89. The number of amides is 1. The largest absolute Gasteiger partial charge is 0.478 e. The van der Waals surface area contributed by atoms with E-state index >= 15 is 0 Å². The van der Waals surface area contributed by atoms with Crippen LogP contribution in [0.3, 0.4) is 0 Å². The van der Waals surface area contributed by atoms with Crippen LogP contribution in [0, 0.1) is 0 Å². The Morgan fingerprint density at radius 2 is 1.96 bits per heavy atom. The molecule has 1 heterocycles. The number of nitrogens with one attached hydrogen (secondary N) is 1. The van der Waals surface area contributed by atoms with Crippen LogP contribution in [0.2, 0.25) is 5.02 Å². The van der Waals surface area contributed by atoms with Gasteiger partial charge < -0.3 is 15.2 Å². The van der Waals surface area contributed by atoms with Crippen LogP contribution in [0.1, 0.15) is 43.3 Å². The zero-order chi connectivity index (χ0) is 18.7. The third-order valence-corrected chi connectivity index (χ3v) is 5.56. The molecule has 0 saturated carbocycles. The molecule has 8 heteroatoms. The number of halogens is 1. The molecule has 0 saturated heterocycles. The minimum Gasteiger partial charge on any atom is -0.478 e. The first-order chi connectivity index (χ1) is 12.4. The number of aromatic carboxylic acids is 1. The summed E-state index contributed by atoms with van der Waals surface area (Å²) in [6, 6.07) is 5.94. The van der Waals surface area contributed by atoms with Gasteiger partial charge in [-0.1, -0.05) is 11.6 Å². The molecule has 0 aliphatic heterocycles. The smallest absolute Gasteiger partial charge is 0.348 e. The molecule has 1 aromatic carbocycles. The van der Waals surface area contributed by atoms with Crippen LogP contribution < -0.4 is 5.32 Å². The maximum absolute atomic E-state index is 12.1. The molecule has 1 amide bonds. The van der Waals surface area contributed by atoms with Gasteiger partial charge in [0.2, 0.25) is 0 Å². The van der Waals surface area contributed by atoms with Crippen molar-refractivity contribution in [2.75, 3.05) is 11.9 Å². The summed E-state index contributed by atoms with van der Waals surface area (Å²) in [6.07, 6.45) is 4.21. The Labute approximate surface area is 158 Å². The van der Waals surface area contributed by atoms with Gasteiger partial charge >= 0.3 is 11.9 Å².